The van der Waals surface area contributed by atoms with E-state index in [1.807, 2.05) is 149 Å². The third kappa shape index (κ3) is 21.3. The average molecular weight is 1790 g/mol. The molecule has 616 valence electrons. The second-order valence-electron chi connectivity index (χ2n) is 33.1. The van der Waals surface area contributed by atoms with Crippen molar-refractivity contribution in [3.63, 3.8) is 0 Å². The van der Waals surface area contributed by atoms with Gasteiger partial charge in [0.05, 0.1) is 44.8 Å². The summed E-state index contributed by atoms with van der Waals surface area (Å²) in [5, 5.41) is 25.8. The fourth-order valence-electron chi connectivity index (χ4n) is 13.9. The van der Waals surface area contributed by atoms with E-state index in [2.05, 4.69) is 196 Å². The Morgan fingerprint density at radius 2 is 0.770 bits per heavy atom. The number of rotatable bonds is 19. The van der Waals surface area contributed by atoms with E-state index in [0.717, 1.165) is 141 Å². The number of benzene rings is 10. The molecule has 18 rings (SSSR count). The summed E-state index contributed by atoms with van der Waals surface area (Å²) in [5.41, 5.74) is 12.5. The SMILES string of the molecule is CC1(C)OB(c2ccc3c(c2)c(/C=C/c2ccccc2)nn3COCC[Si](C)(C)C)OC1(C)C.C[Si](C)(C)CCOCn1nc(/C=C/c2ccccc2)c2cc(-c3cncc4cccc(F)c34)ccc21.Fc1cccc2cncc(-c3ccc4[nH]nc(/C=C/c5ccccc5)c4c3)c12.Fc1cccc2cncc(Br)c12.Fc1cccc2cncc(Br)c12. The van der Waals surface area contributed by atoms with Crippen LogP contribution in [0.25, 0.3) is 135 Å². The van der Waals surface area contributed by atoms with Gasteiger partial charge in [-0.25, -0.2) is 26.9 Å². The van der Waals surface area contributed by atoms with Crippen molar-refractivity contribution in [3.8, 4) is 22.3 Å². The number of nitrogens with zero attached hydrogens (tertiary/aromatic N) is 9. The molecule has 17 aromatic rings. The quantitative estimate of drug-likeness (QED) is 0.0468. The third-order valence-electron chi connectivity index (χ3n) is 21.3. The van der Waals surface area contributed by atoms with E-state index in [0.29, 0.717) is 44.0 Å². The number of nitrogens with one attached hydrogen (secondary N) is 1. The maximum atomic E-state index is 14.8. The highest BCUT2D eigenvalue weighted by molar-refractivity contribution is 9.11. The molecule has 1 aliphatic heterocycles. The van der Waals surface area contributed by atoms with Gasteiger partial charge in [0.15, 0.2) is 0 Å². The Bertz CT molecular complexity index is 6460. The number of hydrogen-bond donors (Lipinski definition) is 1. The molecule has 1 aliphatic rings. The second kappa shape index (κ2) is 38.7. The van der Waals surface area contributed by atoms with E-state index in [-0.39, 0.29) is 34.5 Å². The lowest BCUT2D eigenvalue weighted by Crippen LogP contribution is -2.41. The zero-order valence-electron chi connectivity index (χ0n) is 69.6. The Morgan fingerprint density at radius 1 is 0.402 bits per heavy atom. The number of halogens is 6. The largest absolute Gasteiger partial charge is 0.494 e. The molecule has 8 heterocycles. The summed E-state index contributed by atoms with van der Waals surface area (Å²) in [6.45, 7) is 24.8. The Balaban J connectivity index is 0.000000132. The summed E-state index contributed by atoms with van der Waals surface area (Å²) >= 11 is 6.49. The van der Waals surface area contributed by atoms with Crippen LogP contribution >= 0.6 is 31.9 Å². The van der Waals surface area contributed by atoms with Gasteiger partial charge in [-0.2, -0.15) is 15.3 Å². The molecule has 1 saturated heterocycles. The maximum absolute atomic E-state index is 14.8. The molecule has 1 N–H and O–H groups in total. The summed E-state index contributed by atoms with van der Waals surface area (Å²) < 4.78 is 85.6. The molecule has 10 aromatic carbocycles. The van der Waals surface area contributed by atoms with Crippen molar-refractivity contribution in [2.45, 2.75) is 104 Å². The Kier molecular flexibility index (Phi) is 27.5. The molecule has 0 bridgehead atoms. The van der Waals surface area contributed by atoms with Crippen LogP contribution in [-0.4, -0.2) is 97.4 Å². The number of hydrogen-bond acceptors (Lipinski definition) is 11. The molecule has 0 aliphatic carbocycles. The average Bonchev–Trinajstić information content (AvgIpc) is 1.56. The van der Waals surface area contributed by atoms with Crippen LogP contribution in [0.4, 0.5) is 17.6 Å². The minimum absolute atomic E-state index is 0.221. The minimum Gasteiger partial charge on any atom is -0.399 e. The second-order valence-corrected chi connectivity index (χ2v) is 46.1. The van der Waals surface area contributed by atoms with Crippen molar-refractivity contribution in [1.29, 1.82) is 0 Å². The first kappa shape index (κ1) is 86.9. The Labute approximate surface area is 726 Å². The van der Waals surface area contributed by atoms with Crippen molar-refractivity contribution in [1.82, 2.24) is 49.7 Å². The topological polar surface area (TPSA) is 153 Å². The number of H-pyrrole nitrogens is 1. The molecular weight excluding hydrogens is 1700 g/mol. The smallest absolute Gasteiger partial charge is 0.399 e. The lowest BCUT2D eigenvalue weighted by molar-refractivity contribution is 0.00578. The molecule has 0 atom stereocenters. The van der Waals surface area contributed by atoms with Crippen molar-refractivity contribution < 1.29 is 36.3 Å². The summed E-state index contributed by atoms with van der Waals surface area (Å²) in [6.07, 6.45) is 25.6. The number of aromatic nitrogens is 10. The predicted octanol–water partition coefficient (Wildman–Crippen LogP) is 26.1. The van der Waals surface area contributed by atoms with Gasteiger partial charge >= 0.3 is 7.12 Å². The normalized spacial score (nSPS) is 13.3. The minimum atomic E-state index is -1.17. The van der Waals surface area contributed by atoms with Crippen LogP contribution in [0.2, 0.25) is 51.4 Å². The lowest BCUT2D eigenvalue weighted by Gasteiger charge is -2.32. The van der Waals surface area contributed by atoms with Gasteiger partial charge in [-0.3, -0.25) is 25.0 Å². The van der Waals surface area contributed by atoms with Gasteiger partial charge in [-0.15, -0.1) is 0 Å². The van der Waals surface area contributed by atoms with Gasteiger partial charge in [-0.1, -0.05) is 221 Å². The molecule has 0 spiro atoms. The summed E-state index contributed by atoms with van der Waals surface area (Å²) in [7, 11) is -2.71. The van der Waals surface area contributed by atoms with Crippen LogP contribution in [0.3, 0.4) is 0 Å². The van der Waals surface area contributed by atoms with Crippen molar-refractivity contribution >= 4 is 173 Å². The van der Waals surface area contributed by atoms with Crippen LogP contribution in [0.1, 0.15) is 61.5 Å². The molecule has 14 nitrogen and oxygen atoms in total. The van der Waals surface area contributed by atoms with Gasteiger partial charge in [-0.05, 0) is 178 Å². The summed E-state index contributed by atoms with van der Waals surface area (Å²) in [6, 6.07) is 71.2. The molecule has 122 heavy (non-hydrogen) atoms. The van der Waals surface area contributed by atoms with Crippen LogP contribution in [-0.2, 0) is 32.2 Å². The number of fused-ring (bicyclic) bond motifs is 7. The lowest BCUT2D eigenvalue weighted by atomic mass is 9.78. The van der Waals surface area contributed by atoms with Crippen LogP contribution in [0, 0.1) is 23.3 Å². The zero-order chi connectivity index (χ0) is 85.7. The van der Waals surface area contributed by atoms with E-state index in [1.54, 1.807) is 73.8 Å². The highest BCUT2D eigenvalue weighted by atomic mass is 79.9. The highest BCUT2D eigenvalue weighted by Gasteiger charge is 2.52. The Hall–Kier alpha value is -11.5. The molecule has 7 aromatic heterocycles. The van der Waals surface area contributed by atoms with E-state index in [4.69, 9.17) is 29.0 Å². The number of ether oxygens (including phenoxy) is 2. The summed E-state index contributed by atoms with van der Waals surface area (Å²) in [5.74, 6) is -0.935. The molecule has 1 fully saturated rings. The highest BCUT2D eigenvalue weighted by Crippen LogP contribution is 2.39. The molecular formula is C99H93BBr2F4N10O4Si2. The van der Waals surface area contributed by atoms with Crippen LogP contribution in [0.5, 0.6) is 0 Å². The van der Waals surface area contributed by atoms with Crippen molar-refractivity contribution in [2.24, 2.45) is 0 Å². The van der Waals surface area contributed by atoms with Gasteiger partial charge in [0.2, 0.25) is 0 Å². The van der Waals surface area contributed by atoms with E-state index >= 15 is 0 Å². The molecule has 23 heteroatoms. The van der Waals surface area contributed by atoms with E-state index in [1.165, 1.54) is 24.3 Å². The third-order valence-corrected chi connectivity index (χ3v) is 25.9. The first-order valence-electron chi connectivity index (χ1n) is 40.3. The molecule has 0 unspecified atom stereocenters. The van der Waals surface area contributed by atoms with Crippen molar-refractivity contribution in [3.05, 3.63) is 334 Å². The molecule has 0 saturated carbocycles. The predicted molar refractivity (Wildman–Crippen MR) is 506 cm³/mol. The fraction of sp³-hybridized carbons (Fsp3) is 0.182. The van der Waals surface area contributed by atoms with Gasteiger partial charge in [0.1, 0.15) is 36.7 Å². The van der Waals surface area contributed by atoms with Gasteiger partial charge < -0.3 is 18.8 Å². The van der Waals surface area contributed by atoms with Crippen molar-refractivity contribution in [2.75, 3.05) is 13.2 Å². The van der Waals surface area contributed by atoms with Gasteiger partial charge in [0, 0.05) is 158 Å². The monoisotopic (exact) mass is 1790 g/mol. The fourth-order valence-corrected chi connectivity index (χ4v) is 16.5. The van der Waals surface area contributed by atoms with Gasteiger partial charge in [0.25, 0.3) is 0 Å². The number of aromatic amines is 1. The maximum Gasteiger partial charge on any atom is 0.494 e. The van der Waals surface area contributed by atoms with Crippen LogP contribution < -0.4 is 5.46 Å². The Morgan fingerprint density at radius 3 is 1.19 bits per heavy atom. The molecule has 0 amide bonds. The number of pyridine rings is 4. The molecule has 0 radical (unpaired) electrons. The zero-order valence-corrected chi connectivity index (χ0v) is 74.8. The van der Waals surface area contributed by atoms with Crippen LogP contribution in [0.15, 0.2) is 277 Å². The standard InChI is InChI=1S/C30H30FN3OSi.C27H37BN2O3Si.C24H16FN3.2C9H5BrFN/c1-36(2,3)17-16-35-21-34-29-15-13-23(26-20-32-19-24-10-7-11-27(31)30(24)26)18-25(29)28(33-34)14-12-22-8-5-4-6-9-22;1-26(2)27(3,4)33-28(32-26)22-14-16-25-23(19-22)24(15-13-21-11-9-8-10-12-21)29-30(25)20-31-17-18-34(5,6)7;25-21-8-4-7-18-14-26-15-20(24(18)21)17-10-12-23-19(13-17)22(27-28-23)11-9-16-5-2-1-3-6-16;2*10-7-5-12-4-6-2-1-3-8(11)9(6)7/h4-15,18-20H,16-17,21H2,1-3H3;8-16,19H,17-18,20H2,1-7H3;1-15H,(H,27,28);2*1-5H/b14-12+;15-13+;11-9+;;. The first-order chi connectivity index (χ1) is 58.7. The first-order valence-corrected chi connectivity index (χ1v) is 49.3. The van der Waals surface area contributed by atoms with E-state index in [9.17, 15) is 17.6 Å². The van der Waals surface area contributed by atoms with E-state index < -0.39 is 23.3 Å². The summed E-state index contributed by atoms with van der Waals surface area (Å²) in [4.78, 5) is 16.5.